The van der Waals surface area contributed by atoms with E-state index in [1.54, 1.807) is 0 Å². The summed E-state index contributed by atoms with van der Waals surface area (Å²) in [4.78, 5) is 41.8. The molecule has 0 N–H and O–H groups in total. The van der Waals surface area contributed by atoms with E-state index in [1.165, 1.54) is 0 Å². The fourth-order valence-electron chi connectivity index (χ4n) is 6.54. The van der Waals surface area contributed by atoms with E-state index in [9.17, 15) is 0 Å². The first kappa shape index (κ1) is 36.3. The van der Waals surface area contributed by atoms with Crippen LogP contribution in [0.2, 0.25) is 0 Å². The van der Waals surface area contributed by atoms with E-state index in [0.29, 0.717) is 17.5 Å². The molecule has 0 aliphatic carbocycles. The molecule has 0 saturated carbocycles. The van der Waals surface area contributed by atoms with Gasteiger partial charge in [-0.1, -0.05) is 127 Å². The largest absolute Gasteiger partial charge is 3.00 e. The predicted octanol–water partition coefficient (Wildman–Crippen LogP) is 9.90. The minimum atomic E-state index is 0. The van der Waals surface area contributed by atoms with Crippen LogP contribution in [0.4, 0.5) is 0 Å². The van der Waals surface area contributed by atoms with Crippen molar-refractivity contribution in [1.29, 1.82) is 0 Å². The van der Waals surface area contributed by atoms with E-state index in [-0.39, 0.29) is 20.1 Å². The average Bonchev–Trinajstić information content (AvgIpc) is 4.02. The zero-order chi connectivity index (χ0) is 38.0. The number of rotatable bonds is 9. The number of aromatic nitrogens is 9. The van der Waals surface area contributed by atoms with E-state index in [4.69, 9.17) is 0 Å². The Hall–Kier alpha value is -7.39. The van der Waals surface area contributed by atoms with Gasteiger partial charge in [-0.3, -0.25) is 15.0 Å². The van der Waals surface area contributed by atoms with E-state index < -0.39 is 0 Å². The van der Waals surface area contributed by atoms with Gasteiger partial charge < -0.3 is 29.9 Å². The molecule has 58 heavy (non-hydrogen) atoms. The molecule has 4 aromatic carbocycles. The van der Waals surface area contributed by atoms with Gasteiger partial charge in [-0.05, 0) is 120 Å². The number of para-hydroxylation sites is 6. The molecule has 10 aromatic rings. The first-order valence-corrected chi connectivity index (χ1v) is 18.4. The molecule has 10 rings (SSSR count). The number of nitrogens with zero attached hydrogens (tertiary/aromatic N) is 9. The zero-order valence-electron chi connectivity index (χ0n) is 30.7. The van der Waals surface area contributed by atoms with Crippen LogP contribution in [-0.4, -0.2) is 29.9 Å². The van der Waals surface area contributed by atoms with Crippen molar-refractivity contribution in [2.75, 3.05) is 0 Å². The summed E-state index contributed by atoms with van der Waals surface area (Å²) >= 11 is 0. The second-order valence-corrected chi connectivity index (χ2v) is 13.5. The quantitative estimate of drug-likeness (QED) is 0.139. The Balaban J connectivity index is 0.00000436. The molecule has 0 unspecified atom stereocenters. The molecule has 276 valence electrons. The number of pyridine rings is 3. The Morgan fingerprint density at radius 1 is 0.328 bits per heavy atom. The van der Waals surface area contributed by atoms with Crippen LogP contribution in [0.1, 0.15) is 33.4 Å². The Kier molecular flexibility index (Phi) is 10.00. The normalized spacial score (nSPS) is 11.8. The molecule has 6 heterocycles. The number of benzene rings is 4. The summed E-state index contributed by atoms with van der Waals surface area (Å²) in [7, 11) is 0. The van der Waals surface area contributed by atoms with Crippen molar-refractivity contribution in [1.82, 2.24) is 44.9 Å². The summed E-state index contributed by atoms with van der Waals surface area (Å²) < 4.78 is 0. The van der Waals surface area contributed by atoms with Crippen LogP contribution in [0.15, 0.2) is 146 Å². The van der Waals surface area contributed by atoms with Crippen LogP contribution in [0, 0.1) is 0 Å². The third-order valence-electron chi connectivity index (χ3n) is 9.45. The number of fused-ring (bicyclic) bond motifs is 3. The van der Waals surface area contributed by atoms with Gasteiger partial charge in [-0.25, -0.2) is 0 Å². The molecule has 6 aromatic heterocycles. The Morgan fingerprint density at radius 2 is 0.621 bits per heavy atom. The van der Waals surface area contributed by atoms with Gasteiger partial charge in [0.2, 0.25) is 0 Å². The SMILES string of the molecule is C(=Cc1cc(/C=C\c2ccc(-c3nc4ccccc4[n-]3)nc2)cc(/C=C\c2ccc(-c3nc4ccccc4[n-]3)nc2)c1)c1ccc(-c2nc3ccccc3[n-]2)nc1.[Ir+3]. The van der Waals surface area contributed by atoms with Crippen LogP contribution in [0.25, 0.3) is 104 Å². The minimum absolute atomic E-state index is 0. The molecule has 0 atom stereocenters. The average molecular weight is 925 g/mol. The fraction of sp³-hybridized carbons (Fsp3) is 0. The molecule has 9 nitrogen and oxygen atoms in total. The molecular weight excluding hydrogens is 895 g/mol. The molecule has 0 bridgehead atoms. The van der Waals surface area contributed by atoms with Crippen LogP contribution in [0.5, 0.6) is 0 Å². The molecule has 0 aliphatic heterocycles. The van der Waals surface area contributed by atoms with Crippen molar-refractivity contribution in [3.05, 3.63) is 179 Å². The number of hydrogen-bond donors (Lipinski definition) is 0. The standard InChI is InChI=1S/C48H30N9.Ir/c1-2-8-38-37(7-1)52-46(53-38)43-22-19-31(28-49-43)13-16-34-25-35(17-14-32-20-23-44(50-29-32)47-54-39-9-3-4-10-40(39)55-47)27-36(26-34)18-15-33-21-24-45(51-30-33)48-56-41-11-5-6-12-42(41)57-48;/h1-30H;/q-3;+3/b16-13-,17-14-,18-15?;. The second kappa shape index (κ2) is 16.0. The first-order chi connectivity index (χ1) is 28.1. The fourth-order valence-corrected chi connectivity index (χ4v) is 6.54. The maximum atomic E-state index is 4.66. The van der Waals surface area contributed by atoms with Crippen molar-refractivity contribution in [3.8, 4) is 34.6 Å². The molecule has 0 fully saturated rings. The van der Waals surface area contributed by atoms with E-state index in [0.717, 1.165) is 83.6 Å². The van der Waals surface area contributed by atoms with Gasteiger partial charge in [0.05, 0.1) is 17.1 Å². The minimum Gasteiger partial charge on any atom is -0.434 e. The molecule has 0 amide bonds. The van der Waals surface area contributed by atoms with Crippen molar-refractivity contribution < 1.29 is 20.1 Å². The molecule has 0 aliphatic rings. The summed E-state index contributed by atoms with van der Waals surface area (Å²) in [6, 6.07) is 41.9. The van der Waals surface area contributed by atoms with E-state index >= 15 is 0 Å². The topological polar surface area (TPSA) is 120 Å². The monoisotopic (exact) mass is 925 g/mol. The summed E-state index contributed by atoms with van der Waals surface area (Å²) in [5, 5.41) is 0. The molecular formula is C48H30IrN9. The third-order valence-corrected chi connectivity index (χ3v) is 9.45. The summed E-state index contributed by atoms with van der Waals surface area (Å²) in [5.74, 6) is 1.87. The van der Waals surface area contributed by atoms with Crippen LogP contribution < -0.4 is 15.0 Å². The first-order valence-electron chi connectivity index (χ1n) is 18.4. The molecule has 0 radical (unpaired) electrons. The van der Waals surface area contributed by atoms with Gasteiger partial charge >= 0.3 is 20.1 Å². The van der Waals surface area contributed by atoms with Crippen molar-refractivity contribution in [2.24, 2.45) is 0 Å². The smallest absolute Gasteiger partial charge is 0.434 e. The van der Waals surface area contributed by atoms with E-state index in [1.807, 2.05) is 128 Å². The van der Waals surface area contributed by atoms with Crippen LogP contribution >= 0.6 is 0 Å². The van der Waals surface area contributed by atoms with Gasteiger partial charge in [0.1, 0.15) is 0 Å². The summed E-state index contributed by atoms with van der Waals surface area (Å²) in [6.07, 6.45) is 18.0. The molecule has 0 saturated heterocycles. The predicted molar refractivity (Wildman–Crippen MR) is 228 cm³/mol. The van der Waals surface area contributed by atoms with Crippen molar-refractivity contribution >= 4 is 69.6 Å². The third kappa shape index (κ3) is 7.83. The van der Waals surface area contributed by atoms with Gasteiger partial charge in [-0.15, -0.1) is 0 Å². The Labute approximate surface area is 346 Å². The van der Waals surface area contributed by atoms with Crippen LogP contribution in [-0.2, 0) is 20.1 Å². The second-order valence-electron chi connectivity index (χ2n) is 13.5. The summed E-state index contributed by atoms with van der Waals surface area (Å²) in [5.41, 5.74) is 13.4. The Morgan fingerprint density at radius 3 is 0.897 bits per heavy atom. The van der Waals surface area contributed by atoms with Crippen molar-refractivity contribution in [2.45, 2.75) is 0 Å². The number of hydrogen-bond acceptors (Lipinski definition) is 6. The van der Waals surface area contributed by atoms with Gasteiger partial charge in [-0.2, -0.15) is 0 Å². The molecule has 10 heteroatoms. The number of imidazole rings is 3. The summed E-state index contributed by atoms with van der Waals surface area (Å²) in [6.45, 7) is 0. The van der Waals surface area contributed by atoms with Crippen molar-refractivity contribution in [3.63, 3.8) is 0 Å². The maximum Gasteiger partial charge on any atom is 3.00 e. The molecule has 0 spiro atoms. The van der Waals surface area contributed by atoms with Gasteiger partial charge in [0.25, 0.3) is 0 Å². The van der Waals surface area contributed by atoms with Crippen LogP contribution in [0.3, 0.4) is 0 Å². The zero-order valence-corrected chi connectivity index (χ0v) is 33.1. The van der Waals surface area contributed by atoms with E-state index in [2.05, 4.69) is 99.5 Å². The van der Waals surface area contributed by atoms with Gasteiger partial charge in [0.15, 0.2) is 0 Å². The Bertz CT molecular complexity index is 2670. The van der Waals surface area contributed by atoms with Gasteiger partial charge in [0, 0.05) is 18.6 Å². The maximum absolute atomic E-state index is 4.66.